The van der Waals surface area contributed by atoms with Gasteiger partial charge in [0.1, 0.15) is 5.75 Å². The van der Waals surface area contributed by atoms with E-state index in [9.17, 15) is 18.3 Å². The highest BCUT2D eigenvalue weighted by Gasteiger charge is 2.48. The molecule has 0 radical (unpaired) electrons. The molecule has 118 valence electrons. The number of hydrogen-bond donors (Lipinski definition) is 1. The predicted octanol–water partition coefficient (Wildman–Crippen LogP) is 4.49. The number of aliphatic hydroxyl groups is 1. The molecule has 21 heavy (non-hydrogen) atoms. The summed E-state index contributed by atoms with van der Waals surface area (Å²) in [6.07, 6.45) is -3.61. The van der Waals surface area contributed by atoms with E-state index in [-0.39, 0.29) is 6.42 Å². The second kappa shape index (κ2) is 6.69. The molecule has 2 rings (SSSR count). The van der Waals surface area contributed by atoms with Crippen LogP contribution in [0.4, 0.5) is 13.2 Å². The standard InChI is InChI=1S/C16H21F3O2/c1-2-21-14-10-6-4-8-12(14)15(20)11-7-3-5-9-13(11)16(17,18)19/h4,6,8,10-11,13,15,20H,2-3,5,7,9H2,1H3. The van der Waals surface area contributed by atoms with Gasteiger partial charge in [0.05, 0.1) is 18.6 Å². The number of aliphatic hydroxyl groups excluding tert-OH is 1. The highest BCUT2D eigenvalue weighted by Crippen LogP contribution is 2.47. The molecule has 1 aromatic carbocycles. The van der Waals surface area contributed by atoms with Gasteiger partial charge >= 0.3 is 6.18 Å². The van der Waals surface area contributed by atoms with Gasteiger partial charge in [0.15, 0.2) is 0 Å². The normalized spacial score (nSPS) is 24.6. The lowest BCUT2D eigenvalue weighted by molar-refractivity contribution is -0.207. The van der Waals surface area contributed by atoms with E-state index in [2.05, 4.69) is 0 Å². The van der Waals surface area contributed by atoms with Crippen LogP contribution in [0.3, 0.4) is 0 Å². The van der Waals surface area contributed by atoms with Gasteiger partial charge in [-0.2, -0.15) is 13.2 Å². The molecule has 0 amide bonds. The summed E-state index contributed by atoms with van der Waals surface area (Å²) in [7, 11) is 0. The zero-order chi connectivity index (χ0) is 15.5. The van der Waals surface area contributed by atoms with Gasteiger partial charge in [-0.3, -0.25) is 0 Å². The van der Waals surface area contributed by atoms with Crippen molar-refractivity contribution < 1.29 is 23.0 Å². The summed E-state index contributed by atoms with van der Waals surface area (Å²) in [5.74, 6) is -1.75. The van der Waals surface area contributed by atoms with Gasteiger partial charge in [0.2, 0.25) is 0 Å². The van der Waals surface area contributed by atoms with Crippen LogP contribution in [0.25, 0.3) is 0 Å². The van der Waals surface area contributed by atoms with Crippen molar-refractivity contribution >= 4 is 0 Å². The number of halogens is 3. The van der Waals surface area contributed by atoms with Crippen molar-refractivity contribution in [3.63, 3.8) is 0 Å². The Bertz CT molecular complexity index is 459. The van der Waals surface area contributed by atoms with Gasteiger partial charge in [0.25, 0.3) is 0 Å². The first kappa shape index (κ1) is 16.1. The van der Waals surface area contributed by atoms with Crippen LogP contribution < -0.4 is 4.74 Å². The Balaban J connectivity index is 2.27. The smallest absolute Gasteiger partial charge is 0.392 e. The average molecular weight is 302 g/mol. The van der Waals surface area contributed by atoms with E-state index in [1.807, 2.05) is 6.92 Å². The maximum absolute atomic E-state index is 13.2. The third-order valence-electron chi connectivity index (χ3n) is 4.18. The van der Waals surface area contributed by atoms with E-state index >= 15 is 0 Å². The molecule has 5 heteroatoms. The van der Waals surface area contributed by atoms with Crippen LogP contribution in [0.5, 0.6) is 5.75 Å². The average Bonchev–Trinajstić information content (AvgIpc) is 2.46. The van der Waals surface area contributed by atoms with Gasteiger partial charge in [-0.15, -0.1) is 0 Å². The summed E-state index contributed by atoms with van der Waals surface area (Å²) in [6.45, 7) is 2.22. The Morgan fingerprint density at radius 1 is 1.24 bits per heavy atom. The quantitative estimate of drug-likeness (QED) is 0.888. The molecule has 0 aliphatic heterocycles. The van der Waals surface area contributed by atoms with E-state index in [1.54, 1.807) is 24.3 Å². The van der Waals surface area contributed by atoms with Crippen molar-refractivity contribution in [3.05, 3.63) is 29.8 Å². The van der Waals surface area contributed by atoms with E-state index in [4.69, 9.17) is 4.74 Å². The monoisotopic (exact) mass is 302 g/mol. The molecule has 1 N–H and O–H groups in total. The minimum absolute atomic E-state index is 0.0992. The molecular weight excluding hydrogens is 281 g/mol. The van der Waals surface area contributed by atoms with E-state index in [1.165, 1.54) is 0 Å². The number of rotatable bonds is 4. The van der Waals surface area contributed by atoms with E-state index < -0.39 is 24.1 Å². The summed E-state index contributed by atoms with van der Waals surface area (Å²) < 4.78 is 44.9. The molecule has 0 bridgehead atoms. The first-order chi connectivity index (χ1) is 9.95. The molecule has 0 aromatic heterocycles. The highest BCUT2D eigenvalue weighted by atomic mass is 19.4. The largest absolute Gasteiger partial charge is 0.493 e. The molecule has 1 aromatic rings. The zero-order valence-electron chi connectivity index (χ0n) is 12.1. The van der Waals surface area contributed by atoms with Crippen LogP contribution in [-0.4, -0.2) is 17.9 Å². The number of para-hydroxylation sites is 1. The fourth-order valence-corrected chi connectivity index (χ4v) is 3.19. The first-order valence-electron chi connectivity index (χ1n) is 7.41. The second-order valence-electron chi connectivity index (χ2n) is 5.51. The van der Waals surface area contributed by atoms with Gasteiger partial charge in [0, 0.05) is 11.5 Å². The Morgan fingerprint density at radius 3 is 2.57 bits per heavy atom. The first-order valence-corrected chi connectivity index (χ1v) is 7.41. The van der Waals surface area contributed by atoms with Gasteiger partial charge in [-0.1, -0.05) is 31.0 Å². The summed E-state index contributed by atoms with van der Waals surface area (Å²) >= 11 is 0. The molecule has 2 nitrogen and oxygen atoms in total. The Kier molecular flexibility index (Phi) is 5.14. The Labute approximate surface area is 122 Å². The number of benzene rings is 1. The molecule has 1 aliphatic carbocycles. The fraction of sp³-hybridized carbons (Fsp3) is 0.625. The lowest BCUT2D eigenvalue weighted by Crippen LogP contribution is -2.36. The minimum atomic E-state index is -4.26. The lowest BCUT2D eigenvalue weighted by atomic mass is 9.74. The predicted molar refractivity (Wildman–Crippen MR) is 74.1 cm³/mol. The number of alkyl halides is 3. The SMILES string of the molecule is CCOc1ccccc1C(O)C1CCCCC1C(F)(F)F. The van der Waals surface area contributed by atoms with Crippen molar-refractivity contribution in [3.8, 4) is 5.75 Å². The molecule has 3 atom stereocenters. The fourth-order valence-electron chi connectivity index (χ4n) is 3.19. The number of hydrogen-bond acceptors (Lipinski definition) is 2. The number of ether oxygens (including phenoxy) is 1. The van der Waals surface area contributed by atoms with Crippen molar-refractivity contribution in [1.29, 1.82) is 0 Å². The zero-order valence-corrected chi connectivity index (χ0v) is 12.1. The second-order valence-corrected chi connectivity index (χ2v) is 5.51. The van der Waals surface area contributed by atoms with Gasteiger partial charge in [-0.25, -0.2) is 0 Å². The third kappa shape index (κ3) is 3.70. The van der Waals surface area contributed by atoms with Crippen LogP contribution in [0.1, 0.15) is 44.3 Å². The molecule has 0 heterocycles. The van der Waals surface area contributed by atoms with Crippen molar-refractivity contribution in [2.24, 2.45) is 11.8 Å². The van der Waals surface area contributed by atoms with E-state index in [0.29, 0.717) is 30.8 Å². The van der Waals surface area contributed by atoms with Crippen LogP contribution >= 0.6 is 0 Å². The Morgan fingerprint density at radius 2 is 1.90 bits per heavy atom. The molecular formula is C16H21F3O2. The summed E-state index contributed by atoms with van der Waals surface area (Å²) in [6, 6.07) is 6.81. The molecule has 1 fully saturated rings. The summed E-state index contributed by atoms with van der Waals surface area (Å²) in [4.78, 5) is 0. The maximum atomic E-state index is 13.2. The molecule has 1 aliphatic rings. The van der Waals surface area contributed by atoms with Gasteiger partial charge in [-0.05, 0) is 25.8 Å². The maximum Gasteiger partial charge on any atom is 0.392 e. The molecule has 1 saturated carbocycles. The van der Waals surface area contributed by atoms with Crippen molar-refractivity contribution in [1.82, 2.24) is 0 Å². The molecule has 0 spiro atoms. The van der Waals surface area contributed by atoms with Crippen molar-refractivity contribution in [2.75, 3.05) is 6.61 Å². The van der Waals surface area contributed by atoms with Crippen LogP contribution in [0.15, 0.2) is 24.3 Å². The van der Waals surface area contributed by atoms with Crippen LogP contribution in [0, 0.1) is 11.8 Å². The van der Waals surface area contributed by atoms with Crippen LogP contribution in [-0.2, 0) is 0 Å². The van der Waals surface area contributed by atoms with Crippen LogP contribution in [0.2, 0.25) is 0 Å². The highest BCUT2D eigenvalue weighted by molar-refractivity contribution is 5.35. The summed E-state index contributed by atoms with van der Waals surface area (Å²) in [5, 5.41) is 10.5. The van der Waals surface area contributed by atoms with Gasteiger partial charge < -0.3 is 9.84 Å². The summed E-state index contributed by atoms with van der Waals surface area (Å²) in [5.41, 5.74) is 0.459. The third-order valence-corrected chi connectivity index (χ3v) is 4.18. The molecule has 3 unspecified atom stereocenters. The topological polar surface area (TPSA) is 29.5 Å². The van der Waals surface area contributed by atoms with E-state index in [0.717, 1.165) is 6.42 Å². The lowest BCUT2D eigenvalue weighted by Gasteiger charge is -2.36. The van der Waals surface area contributed by atoms with Crippen molar-refractivity contribution in [2.45, 2.75) is 44.9 Å². The Hall–Kier alpha value is -1.23. The molecule has 0 saturated heterocycles. The minimum Gasteiger partial charge on any atom is -0.493 e.